The van der Waals surface area contributed by atoms with Gasteiger partial charge < -0.3 is 20.9 Å². The third-order valence-electron chi connectivity index (χ3n) is 8.08. The van der Waals surface area contributed by atoms with Crippen LogP contribution in [0.2, 0.25) is 5.02 Å². The number of halogens is 1. The Morgan fingerprint density at radius 2 is 1.46 bits per heavy atom. The molecule has 5 N–H and O–H groups in total. The number of imidazole rings is 1. The summed E-state index contributed by atoms with van der Waals surface area (Å²) in [6, 6.07) is 33.5. The molecule has 0 aliphatic heterocycles. The van der Waals surface area contributed by atoms with Crippen molar-refractivity contribution in [3.63, 3.8) is 0 Å². The van der Waals surface area contributed by atoms with Crippen LogP contribution < -0.4 is 11.5 Å². The van der Waals surface area contributed by atoms with E-state index in [4.69, 9.17) is 33.5 Å². The van der Waals surface area contributed by atoms with Crippen LogP contribution in [-0.4, -0.2) is 26.2 Å². The van der Waals surface area contributed by atoms with Crippen LogP contribution in [0.25, 0.3) is 11.0 Å². The van der Waals surface area contributed by atoms with Gasteiger partial charge in [0, 0.05) is 47.1 Å². The number of hydrogen-bond donors (Lipinski definition) is 3. The van der Waals surface area contributed by atoms with Crippen LogP contribution in [0, 0.1) is 5.41 Å². The molecule has 0 atom stereocenters. The molecule has 2 aromatic heterocycles. The van der Waals surface area contributed by atoms with Gasteiger partial charge in [-0.3, -0.25) is 10.2 Å². The summed E-state index contributed by atoms with van der Waals surface area (Å²) in [7, 11) is 0. The van der Waals surface area contributed by atoms with Crippen molar-refractivity contribution < 1.29 is 4.79 Å². The Bertz CT molecular complexity index is 1950. The number of fused-ring (bicyclic) bond motifs is 1. The molecule has 6 aromatic rings. The highest BCUT2D eigenvalue weighted by atomic mass is 35.5. The zero-order valence-electron chi connectivity index (χ0n) is 25.3. The minimum atomic E-state index is -0.0698. The number of carbonyl (C=O) groups is 1. The van der Waals surface area contributed by atoms with Gasteiger partial charge in [-0.1, -0.05) is 78.3 Å². The van der Waals surface area contributed by atoms with Crippen LogP contribution in [0.15, 0.2) is 109 Å². The molecule has 2 heterocycles. The van der Waals surface area contributed by atoms with Crippen molar-refractivity contribution in [1.29, 1.82) is 5.41 Å². The molecule has 0 radical (unpaired) electrons. The van der Waals surface area contributed by atoms with Crippen molar-refractivity contribution >= 4 is 45.7 Å². The Balaban J connectivity index is 1.30. The van der Waals surface area contributed by atoms with Crippen LogP contribution >= 0.6 is 22.9 Å². The van der Waals surface area contributed by atoms with E-state index < -0.39 is 0 Å². The third-order valence-corrected chi connectivity index (χ3v) is 9.19. The summed E-state index contributed by atoms with van der Waals surface area (Å²) in [6.07, 6.45) is 1.51. The van der Waals surface area contributed by atoms with Crippen LogP contribution in [0.4, 0.5) is 0 Å². The molecular weight excluding hydrogens is 612 g/mol. The van der Waals surface area contributed by atoms with E-state index in [2.05, 4.69) is 22.1 Å². The molecule has 0 fully saturated rings. The molecule has 232 valence electrons. The third kappa shape index (κ3) is 7.37. The Hall–Kier alpha value is -4.76. The number of nitrogens with one attached hydrogen (secondary N) is 1. The van der Waals surface area contributed by atoms with E-state index in [1.807, 2.05) is 95.9 Å². The van der Waals surface area contributed by atoms with Gasteiger partial charge in [0.2, 0.25) is 0 Å². The number of aromatic nitrogens is 2. The Morgan fingerprint density at radius 1 is 0.826 bits per heavy atom. The molecule has 0 aliphatic rings. The van der Waals surface area contributed by atoms with Crippen molar-refractivity contribution in [3.8, 4) is 0 Å². The van der Waals surface area contributed by atoms with Gasteiger partial charge in [-0.05, 0) is 70.5 Å². The molecule has 4 aromatic carbocycles. The number of amidine groups is 1. The van der Waals surface area contributed by atoms with Crippen LogP contribution in [0.3, 0.4) is 0 Å². The molecule has 0 saturated carbocycles. The van der Waals surface area contributed by atoms with Crippen molar-refractivity contribution in [3.05, 3.63) is 158 Å². The lowest BCUT2D eigenvalue weighted by Gasteiger charge is -2.23. The maximum absolute atomic E-state index is 14.1. The summed E-state index contributed by atoms with van der Waals surface area (Å²) in [4.78, 5) is 22.3. The SMILES string of the molecule is N=C(N)c1ccc(CCc2nc3cc(C(=O)N(Cc4ccc(Cl)cc4)Cc4ccc(CN)cc4)ccc3n2Cc2cccs2)cc1. The number of amides is 1. The number of aryl methyl sites for hydroxylation is 2. The maximum Gasteiger partial charge on any atom is 0.254 e. The highest BCUT2D eigenvalue weighted by Gasteiger charge is 2.20. The van der Waals surface area contributed by atoms with E-state index in [-0.39, 0.29) is 11.7 Å². The predicted octanol–water partition coefficient (Wildman–Crippen LogP) is 7.17. The maximum atomic E-state index is 14.1. The quantitative estimate of drug-likeness (QED) is 0.0966. The average molecular weight is 647 g/mol. The highest BCUT2D eigenvalue weighted by molar-refractivity contribution is 7.09. The lowest BCUT2D eigenvalue weighted by Crippen LogP contribution is -2.30. The van der Waals surface area contributed by atoms with Gasteiger partial charge in [-0.2, -0.15) is 0 Å². The fraction of sp³-hybridized carbons (Fsp3) is 0.162. The molecule has 1 amide bonds. The van der Waals surface area contributed by atoms with Crippen molar-refractivity contribution in [2.45, 2.75) is 39.0 Å². The lowest BCUT2D eigenvalue weighted by atomic mass is 10.1. The van der Waals surface area contributed by atoms with Gasteiger partial charge in [-0.25, -0.2) is 4.98 Å². The van der Waals surface area contributed by atoms with Crippen LogP contribution in [0.1, 0.15) is 48.9 Å². The number of thiophene rings is 1. The summed E-state index contributed by atoms with van der Waals surface area (Å²) >= 11 is 7.86. The van der Waals surface area contributed by atoms with E-state index in [0.29, 0.717) is 42.3 Å². The second kappa shape index (κ2) is 14.1. The van der Waals surface area contributed by atoms with Crippen molar-refractivity contribution in [1.82, 2.24) is 14.5 Å². The van der Waals surface area contributed by atoms with Gasteiger partial charge in [0.05, 0.1) is 17.6 Å². The second-order valence-corrected chi connectivity index (χ2v) is 12.8. The summed E-state index contributed by atoms with van der Waals surface area (Å²) < 4.78 is 2.25. The van der Waals surface area contributed by atoms with Crippen LogP contribution in [0.5, 0.6) is 0 Å². The Morgan fingerprint density at radius 3 is 2.09 bits per heavy atom. The van der Waals surface area contributed by atoms with Crippen LogP contribution in [-0.2, 0) is 39.0 Å². The predicted molar refractivity (Wildman–Crippen MR) is 187 cm³/mol. The zero-order valence-corrected chi connectivity index (χ0v) is 26.9. The van der Waals surface area contributed by atoms with Crippen molar-refractivity contribution in [2.24, 2.45) is 11.5 Å². The summed E-state index contributed by atoms with van der Waals surface area (Å²) in [6.45, 7) is 2.07. The molecule has 0 bridgehead atoms. The van der Waals surface area contributed by atoms with Gasteiger partial charge in [0.1, 0.15) is 11.7 Å². The number of nitrogen functional groups attached to an aromatic ring is 1. The highest BCUT2D eigenvalue weighted by Crippen LogP contribution is 2.24. The smallest absolute Gasteiger partial charge is 0.254 e. The topological polar surface area (TPSA) is 114 Å². The molecule has 6 rings (SSSR count). The fourth-order valence-electron chi connectivity index (χ4n) is 5.54. The van der Waals surface area contributed by atoms with Gasteiger partial charge in [-0.15, -0.1) is 11.3 Å². The first-order valence-corrected chi connectivity index (χ1v) is 16.4. The van der Waals surface area contributed by atoms with Gasteiger partial charge in [0.25, 0.3) is 5.91 Å². The first kappa shape index (κ1) is 31.2. The summed E-state index contributed by atoms with van der Waals surface area (Å²) in [5.41, 5.74) is 18.7. The molecule has 9 heteroatoms. The van der Waals surface area contributed by atoms with E-state index in [1.54, 1.807) is 11.3 Å². The second-order valence-electron chi connectivity index (χ2n) is 11.3. The van der Waals surface area contributed by atoms with Crippen molar-refractivity contribution in [2.75, 3.05) is 0 Å². The zero-order chi connectivity index (χ0) is 32.0. The summed E-state index contributed by atoms with van der Waals surface area (Å²) in [5, 5.41) is 10.4. The minimum Gasteiger partial charge on any atom is -0.384 e. The lowest BCUT2D eigenvalue weighted by molar-refractivity contribution is 0.0730. The number of hydrogen-bond acceptors (Lipinski definition) is 5. The fourth-order valence-corrected chi connectivity index (χ4v) is 6.36. The minimum absolute atomic E-state index is 0.0610. The number of rotatable bonds is 12. The molecule has 0 unspecified atom stereocenters. The number of nitrogens with two attached hydrogens (primary N) is 2. The molecule has 0 aliphatic carbocycles. The molecule has 0 saturated heterocycles. The number of carbonyl (C=O) groups excluding carboxylic acids is 1. The number of nitrogens with zero attached hydrogens (tertiary/aromatic N) is 3. The van der Waals surface area contributed by atoms with Gasteiger partial charge in [0.15, 0.2) is 0 Å². The van der Waals surface area contributed by atoms with E-state index in [9.17, 15) is 4.79 Å². The first-order valence-electron chi connectivity index (χ1n) is 15.1. The monoisotopic (exact) mass is 646 g/mol. The Kier molecular flexibility index (Phi) is 9.59. The standard InChI is InChI=1S/C37H35ClN6OS/c38-31-15-9-28(10-16-31)23-43(22-27-5-3-26(21-39)4-6-27)37(45)30-14-17-34-33(20-30)42-35(44(34)24-32-2-1-19-46-32)18-11-25-7-12-29(13-8-25)36(40)41/h1-10,12-17,19-20H,11,18,21-24,39H2,(H3,40,41). The molecule has 0 spiro atoms. The van der Waals surface area contributed by atoms with E-state index in [0.717, 1.165) is 52.0 Å². The molecule has 7 nitrogen and oxygen atoms in total. The van der Waals surface area contributed by atoms with Gasteiger partial charge >= 0.3 is 0 Å². The van der Waals surface area contributed by atoms with E-state index >= 15 is 0 Å². The normalized spacial score (nSPS) is 11.2. The summed E-state index contributed by atoms with van der Waals surface area (Å²) in [5.74, 6) is 0.951. The largest absolute Gasteiger partial charge is 0.384 e. The molecular formula is C37H35ClN6OS. The van der Waals surface area contributed by atoms with E-state index in [1.165, 1.54) is 4.88 Å². The Labute approximate surface area is 277 Å². The average Bonchev–Trinajstić information content (AvgIpc) is 3.72. The first-order chi connectivity index (χ1) is 22.4. The molecule has 46 heavy (non-hydrogen) atoms. The number of benzene rings is 4.